The van der Waals surface area contributed by atoms with Crippen molar-refractivity contribution in [2.75, 3.05) is 31.6 Å². The van der Waals surface area contributed by atoms with Gasteiger partial charge in [-0.2, -0.15) is 11.8 Å². The van der Waals surface area contributed by atoms with E-state index in [0.29, 0.717) is 24.7 Å². The highest BCUT2D eigenvalue weighted by Crippen LogP contribution is 2.45. The molecule has 2 fully saturated rings. The van der Waals surface area contributed by atoms with Crippen molar-refractivity contribution in [3.8, 4) is 0 Å². The Morgan fingerprint density at radius 1 is 1.35 bits per heavy atom. The molecule has 2 aliphatic rings. The van der Waals surface area contributed by atoms with Gasteiger partial charge < -0.3 is 16.0 Å². The maximum atomic E-state index is 12.4. The van der Waals surface area contributed by atoms with Gasteiger partial charge in [0.25, 0.3) is 0 Å². The molecule has 0 aromatic rings. The molecule has 0 aromatic carbocycles. The lowest BCUT2D eigenvalue weighted by Gasteiger charge is -2.24. The summed E-state index contributed by atoms with van der Waals surface area (Å²) < 4.78 is 0. The van der Waals surface area contributed by atoms with Crippen molar-refractivity contribution in [1.29, 1.82) is 0 Å². The van der Waals surface area contributed by atoms with Gasteiger partial charge in [0.15, 0.2) is 0 Å². The van der Waals surface area contributed by atoms with Gasteiger partial charge in [-0.1, -0.05) is 13.8 Å². The van der Waals surface area contributed by atoms with Crippen LogP contribution in [0.25, 0.3) is 0 Å². The first-order valence-electron chi connectivity index (χ1n) is 8.23. The number of amides is 2. The van der Waals surface area contributed by atoms with E-state index in [1.807, 2.05) is 11.8 Å². The van der Waals surface area contributed by atoms with Crippen LogP contribution in [0.5, 0.6) is 0 Å². The third-order valence-electron chi connectivity index (χ3n) is 5.09. The first-order valence-corrected chi connectivity index (χ1v) is 9.62. The highest BCUT2D eigenvalue weighted by molar-refractivity contribution is 7.98. The highest BCUT2D eigenvalue weighted by Gasteiger charge is 2.56. The molecule has 1 saturated heterocycles. The number of carbonyl (C=O) groups is 2. The van der Waals surface area contributed by atoms with E-state index in [-0.39, 0.29) is 24.4 Å². The number of carbonyl (C=O) groups excluding carboxylic acids is 2. The molecule has 1 aliphatic carbocycles. The zero-order valence-corrected chi connectivity index (χ0v) is 16.0. The highest BCUT2D eigenvalue weighted by atomic mass is 35.5. The van der Waals surface area contributed by atoms with E-state index in [1.54, 1.807) is 0 Å². The third-order valence-corrected chi connectivity index (χ3v) is 5.79. The maximum Gasteiger partial charge on any atom is 0.235 e. The zero-order valence-electron chi connectivity index (χ0n) is 14.3. The molecule has 7 heteroatoms. The number of nitrogens with one attached hydrogen (secondary N) is 1. The Kier molecular flexibility index (Phi) is 7.68. The van der Waals surface area contributed by atoms with Crippen LogP contribution in [0.4, 0.5) is 0 Å². The van der Waals surface area contributed by atoms with Crippen molar-refractivity contribution >= 4 is 36.0 Å². The van der Waals surface area contributed by atoms with Gasteiger partial charge in [0.2, 0.25) is 11.8 Å². The van der Waals surface area contributed by atoms with Gasteiger partial charge in [0.1, 0.15) is 5.41 Å². The molecular weight excluding hydrogens is 334 g/mol. The van der Waals surface area contributed by atoms with Gasteiger partial charge in [-0.25, -0.2) is 0 Å². The number of primary amides is 1. The van der Waals surface area contributed by atoms with Crippen LogP contribution in [0.3, 0.4) is 0 Å². The van der Waals surface area contributed by atoms with E-state index < -0.39 is 11.3 Å². The lowest BCUT2D eigenvalue weighted by molar-refractivity contribution is -0.136. The SMILES string of the molecule is CSCCCN1C[C@H](NC(=O)C2(C(N)=O)CC2)[C@@H](C(C)C)C1.Cl. The minimum Gasteiger partial charge on any atom is -0.369 e. The number of nitrogens with zero attached hydrogens (tertiary/aromatic N) is 1. The number of hydrogen-bond donors (Lipinski definition) is 2. The van der Waals surface area contributed by atoms with Gasteiger partial charge in [-0.3, -0.25) is 9.59 Å². The van der Waals surface area contributed by atoms with Crippen LogP contribution in [0, 0.1) is 17.3 Å². The Balaban J connectivity index is 0.00000264. The van der Waals surface area contributed by atoms with Gasteiger partial charge in [-0.15, -0.1) is 12.4 Å². The van der Waals surface area contributed by atoms with E-state index in [1.165, 1.54) is 12.2 Å². The van der Waals surface area contributed by atoms with Crippen molar-refractivity contribution in [1.82, 2.24) is 10.2 Å². The topological polar surface area (TPSA) is 75.4 Å². The zero-order chi connectivity index (χ0) is 16.3. The maximum absolute atomic E-state index is 12.4. The average molecular weight is 364 g/mol. The van der Waals surface area contributed by atoms with E-state index >= 15 is 0 Å². The van der Waals surface area contributed by atoms with Crippen LogP contribution >= 0.6 is 24.2 Å². The average Bonchev–Trinajstić information content (AvgIpc) is 3.17. The number of hydrogen-bond acceptors (Lipinski definition) is 4. The molecule has 0 unspecified atom stereocenters. The van der Waals surface area contributed by atoms with Crippen molar-refractivity contribution < 1.29 is 9.59 Å². The lowest BCUT2D eigenvalue weighted by Crippen LogP contribution is -2.48. The van der Waals surface area contributed by atoms with Crippen LogP contribution in [-0.4, -0.2) is 54.4 Å². The summed E-state index contributed by atoms with van der Waals surface area (Å²) in [6.45, 7) is 7.40. The van der Waals surface area contributed by atoms with E-state index in [4.69, 9.17) is 5.73 Å². The molecule has 0 radical (unpaired) electrons. The molecule has 1 aliphatic heterocycles. The molecule has 2 amide bonds. The second-order valence-electron chi connectivity index (χ2n) is 7.04. The fraction of sp³-hybridized carbons (Fsp3) is 0.875. The number of thioether (sulfide) groups is 1. The van der Waals surface area contributed by atoms with Gasteiger partial charge in [-0.05, 0) is 49.7 Å². The summed E-state index contributed by atoms with van der Waals surface area (Å²) in [4.78, 5) is 26.4. The Morgan fingerprint density at radius 2 is 2.00 bits per heavy atom. The minimum atomic E-state index is -0.909. The Morgan fingerprint density at radius 3 is 2.48 bits per heavy atom. The number of halogens is 1. The summed E-state index contributed by atoms with van der Waals surface area (Å²) >= 11 is 1.87. The molecule has 3 N–H and O–H groups in total. The normalized spacial score (nSPS) is 25.9. The number of likely N-dealkylation sites (tertiary alicyclic amines) is 1. The van der Waals surface area contributed by atoms with E-state index in [2.05, 4.69) is 30.3 Å². The molecule has 1 saturated carbocycles. The molecule has 0 bridgehead atoms. The molecular formula is C16H30ClN3O2S. The quantitative estimate of drug-likeness (QED) is 0.506. The van der Waals surface area contributed by atoms with Crippen molar-refractivity contribution in [2.45, 2.75) is 39.2 Å². The Labute approximate surface area is 149 Å². The fourth-order valence-electron chi connectivity index (χ4n) is 3.37. The summed E-state index contributed by atoms with van der Waals surface area (Å²) in [6.07, 6.45) is 4.51. The van der Waals surface area contributed by atoms with Gasteiger partial charge >= 0.3 is 0 Å². The van der Waals surface area contributed by atoms with Crippen molar-refractivity contribution in [3.05, 3.63) is 0 Å². The van der Waals surface area contributed by atoms with Crippen LogP contribution in [0.15, 0.2) is 0 Å². The number of nitrogens with two attached hydrogens (primary N) is 1. The molecule has 1 heterocycles. The summed E-state index contributed by atoms with van der Waals surface area (Å²) in [5.41, 5.74) is 4.49. The van der Waals surface area contributed by atoms with E-state index in [0.717, 1.165) is 19.6 Å². The smallest absolute Gasteiger partial charge is 0.235 e. The van der Waals surface area contributed by atoms with Crippen LogP contribution in [-0.2, 0) is 9.59 Å². The predicted molar refractivity (Wildman–Crippen MR) is 97.8 cm³/mol. The summed E-state index contributed by atoms with van der Waals surface area (Å²) in [6, 6.07) is 0.138. The van der Waals surface area contributed by atoms with Crippen LogP contribution in [0.1, 0.15) is 33.1 Å². The van der Waals surface area contributed by atoms with Crippen molar-refractivity contribution in [3.63, 3.8) is 0 Å². The molecule has 2 atom stereocenters. The molecule has 134 valence electrons. The summed E-state index contributed by atoms with van der Waals surface area (Å²) in [7, 11) is 0. The largest absolute Gasteiger partial charge is 0.369 e. The number of rotatable bonds is 8. The molecule has 2 rings (SSSR count). The van der Waals surface area contributed by atoms with E-state index in [9.17, 15) is 9.59 Å². The summed E-state index contributed by atoms with van der Waals surface area (Å²) in [5, 5.41) is 3.13. The monoisotopic (exact) mass is 363 g/mol. The van der Waals surface area contributed by atoms with Gasteiger partial charge in [0.05, 0.1) is 0 Å². The van der Waals surface area contributed by atoms with Crippen molar-refractivity contribution in [2.24, 2.45) is 23.0 Å². The third kappa shape index (κ3) is 4.77. The first-order chi connectivity index (χ1) is 10.4. The minimum absolute atomic E-state index is 0. The molecule has 5 nitrogen and oxygen atoms in total. The van der Waals surface area contributed by atoms with Gasteiger partial charge in [0, 0.05) is 19.1 Å². The fourth-order valence-corrected chi connectivity index (χ4v) is 3.79. The molecule has 23 heavy (non-hydrogen) atoms. The molecule has 0 spiro atoms. The lowest BCUT2D eigenvalue weighted by atomic mass is 9.90. The second kappa shape index (κ2) is 8.58. The second-order valence-corrected chi connectivity index (χ2v) is 8.03. The molecule has 0 aromatic heterocycles. The standard InChI is InChI=1S/C16H29N3O2S.ClH/c1-11(2)12-9-19(7-4-8-22-3)10-13(12)18-15(21)16(5-6-16)14(17)20;/h11-13H,4-10H2,1-3H3,(H2,17,20)(H,18,21);1H/t12-,13+;/m1./s1. The first kappa shape index (κ1) is 20.6. The van der Waals surface area contributed by atoms with Crippen LogP contribution in [0.2, 0.25) is 0 Å². The summed E-state index contributed by atoms with van der Waals surface area (Å²) in [5.74, 6) is 1.51. The predicted octanol–water partition coefficient (Wildman–Crippen LogP) is 1.50. The Bertz CT molecular complexity index is 430. The van der Waals surface area contributed by atoms with Crippen LogP contribution < -0.4 is 11.1 Å². The Hall–Kier alpha value is -0.460.